The second kappa shape index (κ2) is 19.2. The van der Waals surface area contributed by atoms with Gasteiger partial charge in [0.1, 0.15) is 0 Å². The maximum atomic E-state index is 10.1. The lowest BCUT2D eigenvalue weighted by atomic mass is 10.1. The zero-order valence-corrected chi connectivity index (χ0v) is 17.3. The minimum atomic E-state index is -0.740. The van der Waals surface area contributed by atoms with Crippen LogP contribution in [0.1, 0.15) is 51.4 Å². The number of nitrogens with two attached hydrogens (primary N) is 2. The average molecular weight is 419 g/mol. The van der Waals surface area contributed by atoms with Crippen LogP contribution in [0.15, 0.2) is 60.7 Å². The maximum Gasteiger partial charge on any atom is 0.303 e. The molecule has 0 aliphatic carbocycles. The molecule has 0 bridgehead atoms. The number of carbonyl (C=O) groups is 2. The lowest BCUT2D eigenvalue weighted by Crippen LogP contribution is -2.05. The van der Waals surface area contributed by atoms with E-state index in [9.17, 15) is 9.59 Å². The number of rotatable bonds is 11. The molecule has 166 valence electrons. The number of hydrazine groups is 2. The lowest BCUT2D eigenvalue weighted by molar-refractivity contribution is -0.138. The molecular weight excluding hydrogens is 384 g/mol. The van der Waals surface area contributed by atoms with Crippen LogP contribution in [0.5, 0.6) is 0 Å². The molecule has 0 radical (unpaired) electrons. The first-order chi connectivity index (χ1) is 14.5. The molecule has 0 saturated heterocycles. The van der Waals surface area contributed by atoms with Crippen molar-refractivity contribution >= 4 is 23.3 Å². The molecule has 0 aliphatic rings. The first-order valence-electron chi connectivity index (χ1n) is 9.96. The molecule has 0 atom stereocenters. The van der Waals surface area contributed by atoms with Crippen molar-refractivity contribution in [2.24, 2.45) is 11.7 Å². The molecule has 0 aliphatic heterocycles. The van der Waals surface area contributed by atoms with Crippen molar-refractivity contribution in [3.8, 4) is 0 Å². The van der Waals surface area contributed by atoms with E-state index in [0.717, 1.165) is 49.9 Å². The molecule has 0 fully saturated rings. The highest BCUT2D eigenvalue weighted by atomic mass is 16.4. The van der Waals surface area contributed by atoms with E-state index in [2.05, 4.69) is 10.9 Å². The first-order valence-corrected chi connectivity index (χ1v) is 9.96. The molecule has 0 aromatic heterocycles. The second-order valence-electron chi connectivity index (χ2n) is 6.43. The Bertz CT molecular complexity index is 610. The van der Waals surface area contributed by atoms with Crippen LogP contribution in [0.4, 0.5) is 11.4 Å². The topological polar surface area (TPSA) is 151 Å². The van der Waals surface area contributed by atoms with Crippen LogP contribution in [-0.2, 0) is 9.59 Å². The summed E-state index contributed by atoms with van der Waals surface area (Å²) in [5, 5.41) is 16.7. The van der Waals surface area contributed by atoms with Crippen molar-refractivity contribution in [2.75, 3.05) is 10.9 Å². The molecule has 0 spiro atoms. The number of nitrogens with one attached hydrogen (secondary N) is 2. The number of anilines is 2. The maximum absolute atomic E-state index is 10.1. The molecule has 8 nitrogen and oxygen atoms in total. The summed E-state index contributed by atoms with van der Waals surface area (Å²) >= 11 is 0. The molecule has 2 aromatic rings. The Morgan fingerprint density at radius 2 is 0.900 bits per heavy atom. The van der Waals surface area contributed by atoms with Gasteiger partial charge in [-0.3, -0.25) is 21.3 Å². The molecule has 0 saturated carbocycles. The van der Waals surface area contributed by atoms with Crippen LogP contribution in [0.2, 0.25) is 0 Å². The van der Waals surface area contributed by atoms with Gasteiger partial charge in [-0.25, -0.2) is 0 Å². The van der Waals surface area contributed by atoms with E-state index in [1.807, 2.05) is 60.7 Å². The predicted molar refractivity (Wildman–Crippen MR) is 121 cm³/mol. The summed E-state index contributed by atoms with van der Waals surface area (Å²) in [6.07, 6.45) is 5.82. The largest absolute Gasteiger partial charge is 0.481 e. The Kier molecular flexibility index (Phi) is 17.2. The van der Waals surface area contributed by atoms with E-state index in [1.54, 1.807) is 0 Å². The van der Waals surface area contributed by atoms with Gasteiger partial charge in [0.05, 0.1) is 0 Å². The molecule has 8 N–H and O–H groups in total. The third kappa shape index (κ3) is 18.3. The molecule has 30 heavy (non-hydrogen) atoms. The number of carboxylic acid groups (broad SMARTS) is 2. The van der Waals surface area contributed by atoms with Gasteiger partial charge >= 0.3 is 11.9 Å². The van der Waals surface area contributed by atoms with Crippen molar-refractivity contribution in [2.45, 2.75) is 51.4 Å². The van der Waals surface area contributed by atoms with Crippen molar-refractivity contribution in [3.05, 3.63) is 60.7 Å². The van der Waals surface area contributed by atoms with Crippen molar-refractivity contribution in [1.29, 1.82) is 0 Å². The van der Waals surface area contributed by atoms with Crippen LogP contribution < -0.4 is 22.5 Å². The zero-order valence-electron chi connectivity index (χ0n) is 17.3. The summed E-state index contributed by atoms with van der Waals surface area (Å²) in [6.45, 7) is 0. The van der Waals surface area contributed by atoms with Crippen molar-refractivity contribution in [1.82, 2.24) is 0 Å². The fraction of sp³-hybridized carbons (Fsp3) is 0.364. The lowest BCUT2D eigenvalue weighted by Gasteiger charge is -1.98. The monoisotopic (exact) mass is 418 g/mol. The summed E-state index contributed by atoms with van der Waals surface area (Å²) in [5.74, 6) is 8.72. The van der Waals surface area contributed by atoms with Gasteiger partial charge in [0.15, 0.2) is 0 Å². The molecule has 0 heterocycles. The molecule has 8 heteroatoms. The van der Waals surface area contributed by atoms with Gasteiger partial charge in [0.2, 0.25) is 0 Å². The highest BCUT2D eigenvalue weighted by Crippen LogP contribution is 2.08. The number of hydrogen-bond acceptors (Lipinski definition) is 6. The van der Waals surface area contributed by atoms with Gasteiger partial charge in [-0.05, 0) is 37.1 Å². The van der Waals surface area contributed by atoms with Crippen molar-refractivity contribution < 1.29 is 19.8 Å². The van der Waals surface area contributed by atoms with Crippen LogP contribution in [-0.4, -0.2) is 22.2 Å². The minimum Gasteiger partial charge on any atom is -0.481 e. The van der Waals surface area contributed by atoms with E-state index >= 15 is 0 Å². The Morgan fingerprint density at radius 1 is 0.600 bits per heavy atom. The third-order valence-electron chi connectivity index (χ3n) is 3.91. The highest BCUT2D eigenvalue weighted by molar-refractivity contribution is 5.66. The molecular formula is C22H34N4O4. The average Bonchev–Trinajstić information content (AvgIpc) is 2.77. The number of carboxylic acids is 2. The standard InChI is InChI=1S/C10H18O4.2C6H8N2/c11-9(12)7-5-3-1-2-4-6-8-10(13)14;2*7-8-6-4-2-1-3-5-6/h1-8H2,(H,11,12)(H,13,14);2*1-5,8H,7H2. The number of para-hydroxylation sites is 2. The van der Waals surface area contributed by atoms with Gasteiger partial charge in [-0.15, -0.1) is 0 Å². The number of benzene rings is 2. The normalized spacial score (nSPS) is 9.27. The van der Waals surface area contributed by atoms with Crippen LogP contribution in [0, 0.1) is 0 Å². The van der Waals surface area contributed by atoms with Gasteiger partial charge < -0.3 is 21.1 Å². The van der Waals surface area contributed by atoms with E-state index in [-0.39, 0.29) is 12.8 Å². The van der Waals surface area contributed by atoms with E-state index in [1.165, 1.54) is 0 Å². The third-order valence-corrected chi connectivity index (χ3v) is 3.91. The Hall–Kier alpha value is -3.10. The quantitative estimate of drug-likeness (QED) is 0.180. The van der Waals surface area contributed by atoms with Gasteiger partial charge in [0, 0.05) is 24.2 Å². The van der Waals surface area contributed by atoms with Crippen LogP contribution in [0.3, 0.4) is 0 Å². The SMILES string of the molecule is NNc1ccccc1.NNc1ccccc1.O=C(O)CCCCCCCCC(=O)O. The highest BCUT2D eigenvalue weighted by Gasteiger charge is 1.98. The summed E-state index contributed by atoms with van der Waals surface area (Å²) in [5.41, 5.74) is 6.93. The summed E-state index contributed by atoms with van der Waals surface area (Å²) in [7, 11) is 0. The fourth-order valence-electron chi connectivity index (χ4n) is 2.33. The predicted octanol–water partition coefficient (Wildman–Crippen LogP) is 4.22. The number of hydrogen-bond donors (Lipinski definition) is 6. The molecule has 0 unspecified atom stereocenters. The Labute approximate surface area is 178 Å². The molecule has 2 rings (SSSR count). The smallest absolute Gasteiger partial charge is 0.303 e. The number of aliphatic carboxylic acids is 2. The zero-order chi connectivity index (χ0) is 22.5. The second-order valence-corrected chi connectivity index (χ2v) is 6.43. The minimum absolute atomic E-state index is 0.245. The van der Waals surface area contributed by atoms with Gasteiger partial charge in [-0.2, -0.15) is 0 Å². The number of unbranched alkanes of at least 4 members (excludes halogenated alkanes) is 5. The first kappa shape index (κ1) is 26.9. The summed E-state index contributed by atoms with van der Waals surface area (Å²) in [4.78, 5) is 20.3. The molecule has 2 aromatic carbocycles. The molecule has 0 amide bonds. The van der Waals surface area contributed by atoms with Gasteiger partial charge in [-0.1, -0.05) is 62.1 Å². The fourth-order valence-corrected chi connectivity index (χ4v) is 2.33. The van der Waals surface area contributed by atoms with Gasteiger partial charge in [0.25, 0.3) is 0 Å². The van der Waals surface area contributed by atoms with E-state index in [4.69, 9.17) is 21.9 Å². The summed E-state index contributed by atoms with van der Waals surface area (Å²) in [6, 6.07) is 19.2. The Morgan fingerprint density at radius 3 is 1.13 bits per heavy atom. The Balaban J connectivity index is 0.000000447. The number of nitrogen functional groups attached to an aromatic ring is 2. The summed E-state index contributed by atoms with van der Waals surface area (Å²) < 4.78 is 0. The van der Waals surface area contributed by atoms with E-state index in [0.29, 0.717) is 0 Å². The van der Waals surface area contributed by atoms with Crippen LogP contribution in [0.25, 0.3) is 0 Å². The van der Waals surface area contributed by atoms with Crippen molar-refractivity contribution in [3.63, 3.8) is 0 Å². The van der Waals surface area contributed by atoms with E-state index < -0.39 is 11.9 Å². The van der Waals surface area contributed by atoms with Crippen LogP contribution >= 0.6 is 0 Å².